The lowest BCUT2D eigenvalue weighted by Gasteiger charge is -2.04. The second-order valence-electron chi connectivity index (χ2n) is 2.86. The Morgan fingerprint density at radius 3 is 2.54 bits per heavy atom. The minimum absolute atomic E-state index is 0.335. The minimum Gasteiger partial charge on any atom is -0.386 e. The van der Waals surface area contributed by atoms with Crippen molar-refractivity contribution in [3.8, 4) is 0 Å². The molecule has 1 aromatic rings. The van der Waals surface area contributed by atoms with Crippen molar-refractivity contribution in [3.63, 3.8) is 0 Å². The van der Waals surface area contributed by atoms with Gasteiger partial charge in [-0.05, 0) is 5.56 Å². The van der Waals surface area contributed by atoms with Gasteiger partial charge in [-0.3, -0.25) is 10.1 Å². The van der Waals surface area contributed by atoms with Crippen molar-refractivity contribution >= 4 is 0 Å². The molecule has 0 aliphatic rings. The highest BCUT2D eigenvalue weighted by molar-refractivity contribution is 5.15. The number of benzene rings is 1. The summed E-state index contributed by atoms with van der Waals surface area (Å²) in [6.07, 6.45) is -0.556. The molecule has 1 rings (SSSR count). The molecule has 70 valence electrons. The maximum atomic E-state index is 10.0. The van der Waals surface area contributed by atoms with Crippen LogP contribution in [0.5, 0.6) is 0 Å². The second kappa shape index (κ2) is 4.57. The Balaban J connectivity index is 2.45. The standard InChI is InChI=1S/C9H11NO3/c11-9(7-10(12)13)6-8-4-2-1-3-5-8/h1-5,9,11H,6-7H2/t9-/m1/s1. The first kappa shape index (κ1) is 9.67. The van der Waals surface area contributed by atoms with Crippen LogP contribution < -0.4 is 0 Å². The summed E-state index contributed by atoms with van der Waals surface area (Å²) in [6.45, 7) is -0.394. The summed E-state index contributed by atoms with van der Waals surface area (Å²) in [6, 6.07) is 9.22. The van der Waals surface area contributed by atoms with Gasteiger partial charge in [0.25, 0.3) is 0 Å². The third-order valence-electron chi connectivity index (χ3n) is 1.67. The van der Waals surface area contributed by atoms with Crippen LogP contribution in [0, 0.1) is 10.1 Å². The zero-order valence-corrected chi connectivity index (χ0v) is 7.09. The third-order valence-corrected chi connectivity index (χ3v) is 1.67. The summed E-state index contributed by atoms with van der Waals surface area (Å²) in [4.78, 5) is 9.54. The maximum Gasteiger partial charge on any atom is 0.229 e. The highest BCUT2D eigenvalue weighted by Crippen LogP contribution is 2.02. The van der Waals surface area contributed by atoms with E-state index in [0.29, 0.717) is 6.42 Å². The van der Waals surface area contributed by atoms with Crippen LogP contribution in [-0.2, 0) is 6.42 Å². The van der Waals surface area contributed by atoms with E-state index in [1.807, 2.05) is 30.3 Å². The summed E-state index contributed by atoms with van der Waals surface area (Å²) in [5.74, 6) is 0. The van der Waals surface area contributed by atoms with Crippen molar-refractivity contribution in [1.29, 1.82) is 0 Å². The average molecular weight is 181 g/mol. The molecular formula is C9H11NO3. The molecule has 0 heterocycles. The Morgan fingerprint density at radius 1 is 1.38 bits per heavy atom. The number of nitrogens with zero attached hydrogens (tertiary/aromatic N) is 1. The van der Waals surface area contributed by atoms with E-state index in [1.165, 1.54) is 0 Å². The molecule has 4 nitrogen and oxygen atoms in total. The first-order valence-electron chi connectivity index (χ1n) is 4.02. The zero-order chi connectivity index (χ0) is 9.68. The fourth-order valence-electron chi connectivity index (χ4n) is 1.12. The van der Waals surface area contributed by atoms with Gasteiger partial charge in [0.15, 0.2) is 0 Å². The van der Waals surface area contributed by atoms with E-state index in [-0.39, 0.29) is 0 Å². The van der Waals surface area contributed by atoms with Gasteiger partial charge in [0.1, 0.15) is 6.10 Å². The molecule has 0 aromatic heterocycles. The maximum absolute atomic E-state index is 10.0. The van der Waals surface area contributed by atoms with Gasteiger partial charge in [0.2, 0.25) is 6.54 Å². The number of hydrogen-bond acceptors (Lipinski definition) is 3. The lowest BCUT2D eigenvalue weighted by molar-refractivity contribution is -0.490. The Hall–Kier alpha value is -1.42. The fourth-order valence-corrected chi connectivity index (χ4v) is 1.12. The SMILES string of the molecule is O=[N+]([O-])C[C@H](O)Cc1ccccc1. The van der Waals surface area contributed by atoms with Gasteiger partial charge in [0.05, 0.1) is 0 Å². The van der Waals surface area contributed by atoms with Gasteiger partial charge in [-0.25, -0.2) is 0 Å². The van der Waals surface area contributed by atoms with Crippen LogP contribution in [0.15, 0.2) is 30.3 Å². The highest BCUT2D eigenvalue weighted by atomic mass is 16.6. The summed E-state index contributed by atoms with van der Waals surface area (Å²) < 4.78 is 0. The van der Waals surface area contributed by atoms with Gasteiger partial charge in [-0.1, -0.05) is 30.3 Å². The van der Waals surface area contributed by atoms with Crippen LogP contribution in [0.25, 0.3) is 0 Å². The third kappa shape index (κ3) is 3.66. The lowest BCUT2D eigenvalue weighted by atomic mass is 10.1. The van der Waals surface area contributed by atoms with E-state index >= 15 is 0 Å². The molecule has 1 atom stereocenters. The van der Waals surface area contributed by atoms with Crippen LogP contribution in [0.1, 0.15) is 5.56 Å². The number of aliphatic hydroxyl groups is 1. The Morgan fingerprint density at radius 2 is 2.00 bits per heavy atom. The Labute approximate surface area is 76.0 Å². The van der Waals surface area contributed by atoms with Crippen molar-refractivity contribution < 1.29 is 10.0 Å². The molecule has 13 heavy (non-hydrogen) atoms. The summed E-state index contributed by atoms with van der Waals surface area (Å²) >= 11 is 0. The van der Waals surface area contributed by atoms with Crippen molar-refractivity contribution in [3.05, 3.63) is 46.0 Å². The average Bonchev–Trinajstić information content (AvgIpc) is 2.04. The number of nitro groups is 1. The summed E-state index contributed by atoms with van der Waals surface area (Å²) in [7, 11) is 0. The van der Waals surface area contributed by atoms with E-state index in [4.69, 9.17) is 0 Å². The molecule has 0 amide bonds. The van der Waals surface area contributed by atoms with E-state index in [0.717, 1.165) is 5.56 Å². The number of aliphatic hydroxyl groups excluding tert-OH is 1. The smallest absolute Gasteiger partial charge is 0.229 e. The summed E-state index contributed by atoms with van der Waals surface area (Å²) in [5.41, 5.74) is 0.914. The largest absolute Gasteiger partial charge is 0.386 e. The van der Waals surface area contributed by atoms with Gasteiger partial charge < -0.3 is 5.11 Å². The Bertz CT molecular complexity index is 273. The molecule has 0 aliphatic heterocycles. The molecule has 0 aliphatic carbocycles. The zero-order valence-electron chi connectivity index (χ0n) is 7.09. The summed E-state index contributed by atoms with van der Waals surface area (Å²) in [5, 5.41) is 19.3. The van der Waals surface area contributed by atoms with Crippen molar-refractivity contribution in [2.75, 3.05) is 6.54 Å². The van der Waals surface area contributed by atoms with Gasteiger partial charge >= 0.3 is 0 Å². The number of rotatable bonds is 4. The predicted molar refractivity (Wildman–Crippen MR) is 48.0 cm³/mol. The van der Waals surface area contributed by atoms with Crippen LogP contribution in [0.2, 0.25) is 0 Å². The van der Waals surface area contributed by atoms with Crippen LogP contribution >= 0.6 is 0 Å². The lowest BCUT2D eigenvalue weighted by Crippen LogP contribution is -2.21. The Kier molecular flexibility index (Phi) is 3.40. The highest BCUT2D eigenvalue weighted by Gasteiger charge is 2.11. The molecule has 0 spiro atoms. The molecule has 0 saturated carbocycles. The second-order valence-corrected chi connectivity index (χ2v) is 2.86. The molecule has 4 heteroatoms. The van der Waals surface area contributed by atoms with Crippen molar-refractivity contribution in [1.82, 2.24) is 0 Å². The topological polar surface area (TPSA) is 63.4 Å². The monoisotopic (exact) mass is 181 g/mol. The van der Waals surface area contributed by atoms with Gasteiger partial charge in [0, 0.05) is 11.3 Å². The molecular weight excluding hydrogens is 170 g/mol. The van der Waals surface area contributed by atoms with E-state index in [2.05, 4.69) is 0 Å². The minimum atomic E-state index is -0.891. The molecule has 0 saturated heterocycles. The van der Waals surface area contributed by atoms with Crippen LogP contribution in [-0.4, -0.2) is 22.7 Å². The first-order chi connectivity index (χ1) is 6.18. The van der Waals surface area contributed by atoms with Crippen molar-refractivity contribution in [2.24, 2.45) is 0 Å². The van der Waals surface area contributed by atoms with E-state index in [9.17, 15) is 15.2 Å². The molecule has 0 unspecified atom stereocenters. The van der Waals surface area contributed by atoms with Crippen LogP contribution in [0.3, 0.4) is 0 Å². The molecule has 0 fully saturated rings. The molecule has 0 radical (unpaired) electrons. The normalized spacial score (nSPS) is 12.4. The van der Waals surface area contributed by atoms with E-state index < -0.39 is 17.6 Å². The predicted octanol–water partition coefficient (Wildman–Crippen LogP) is 0.867. The quantitative estimate of drug-likeness (QED) is 0.553. The van der Waals surface area contributed by atoms with Gasteiger partial charge in [-0.15, -0.1) is 0 Å². The molecule has 1 aromatic carbocycles. The molecule has 1 N–H and O–H groups in total. The fraction of sp³-hybridized carbons (Fsp3) is 0.333. The first-order valence-corrected chi connectivity index (χ1v) is 4.02. The molecule has 0 bridgehead atoms. The van der Waals surface area contributed by atoms with Gasteiger partial charge in [-0.2, -0.15) is 0 Å². The van der Waals surface area contributed by atoms with E-state index in [1.54, 1.807) is 0 Å². The van der Waals surface area contributed by atoms with Crippen molar-refractivity contribution in [2.45, 2.75) is 12.5 Å². The number of hydrogen-bond donors (Lipinski definition) is 1. The van der Waals surface area contributed by atoms with Crippen LogP contribution in [0.4, 0.5) is 0 Å².